The van der Waals surface area contributed by atoms with Crippen molar-refractivity contribution >= 4 is 17.8 Å². The van der Waals surface area contributed by atoms with Crippen molar-refractivity contribution in [3.05, 3.63) is 100.0 Å². The number of methoxy groups -OCH3 is 1. The van der Waals surface area contributed by atoms with Gasteiger partial charge in [-0.1, -0.05) is 48.5 Å². The van der Waals surface area contributed by atoms with E-state index in [-0.39, 0.29) is 17.5 Å². The summed E-state index contributed by atoms with van der Waals surface area (Å²) in [6.45, 7) is 3.05. The van der Waals surface area contributed by atoms with Crippen LogP contribution < -0.4 is 16.2 Å². The lowest BCUT2D eigenvalue weighted by molar-refractivity contribution is 0.0694. The first-order valence-electron chi connectivity index (χ1n) is 14.4. The average molecular weight is 584 g/mol. The molecule has 10 nitrogen and oxygen atoms in total. The maximum Gasteiger partial charge on any atom is 0.341 e. The van der Waals surface area contributed by atoms with Gasteiger partial charge in [0.05, 0.1) is 11.4 Å². The van der Waals surface area contributed by atoms with Crippen LogP contribution in [0.5, 0.6) is 0 Å². The van der Waals surface area contributed by atoms with Crippen LogP contribution in [-0.2, 0) is 11.8 Å². The molecule has 224 valence electrons. The van der Waals surface area contributed by atoms with Crippen molar-refractivity contribution in [2.24, 2.45) is 18.9 Å². The molecule has 2 aromatic heterocycles. The molecule has 10 heteroatoms. The number of carboxylic acid groups (broad SMARTS) is 1. The van der Waals surface area contributed by atoms with Crippen LogP contribution in [0.25, 0.3) is 16.9 Å². The largest absolute Gasteiger partial charge is 0.477 e. The fraction of sp³-hybridized carbons (Fsp3) is 0.333. The van der Waals surface area contributed by atoms with Crippen LogP contribution >= 0.6 is 0 Å². The third-order valence-electron chi connectivity index (χ3n) is 8.32. The molecule has 1 aliphatic carbocycles. The molecule has 0 radical (unpaired) electrons. The number of aromatic nitrogens is 3. The Morgan fingerprint density at radius 1 is 1.07 bits per heavy atom. The number of carboxylic acids is 1. The average Bonchev–Trinajstić information content (AvgIpc) is 3.57. The Labute approximate surface area is 250 Å². The van der Waals surface area contributed by atoms with Crippen molar-refractivity contribution in [3.8, 4) is 16.9 Å². The van der Waals surface area contributed by atoms with Crippen molar-refractivity contribution in [1.29, 1.82) is 0 Å². The van der Waals surface area contributed by atoms with Gasteiger partial charge in [-0.05, 0) is 67.7 Å². The standard InChI is InChI=1S/C33H37N5O5/c1-21-29(25-18-28(32(40)41)31(39)37(2)20-25)36-38(26-12-8-5-9-13-26)30(21)35-33(42)34-19-24-16-22(14-15-43-3)17-27(24)23-10-6-4-7-11-23/h4-13,18,20,22,24,27H,14-17,19H2,1-3H3,(H,40,41)(H2,34,35,42)/t22-,24+,27+/m1/s1. The van der Waals surface area contributed by atoms with E-state index in [1.165, 1.54) is 23.2 Å². The van der Waals surface area contributed by atoms with E-state index in [2.05, 4.69) is 34.9 Å². The number of amides is 2. The zero-order valence-corrected chi connectivity index (χ0v) is 24.6. The van der Waals surface area contributed by atoms with Gasteiger partial charge in [-0.2, -0.15) is 5.10 Å². The lowest BCUT2D eigenvalue weighted by Gasteiger charge is -2.21. The molecule has 0 aliphatic heterocycles. The molecule has 0 bridgehead atoms. The van der Waals surface area contributed by atoms with Gasteiger partial charge in [0.15, 0.2) is 0 Å². The highest BCUT2D eigenvalue weighted by Crippen LogP contribution is 2.44. The summed E-state index contributed by atoms with van der Waals surface area (Å²) in [4.78, 5) is 37.5. The third kappa shape index (κ3) is 6.54. The predicted octanol–water partition coefficient (Wildman–Crippen LogP) is 5.21. The molecule has 2 heterocycles. The molecule has 0 saturated heterocycles. The molecule has 2 aromatic carbocycles. The van der Waals surface area contributed by atoms with Crippen molar-refractivity contribution in [3.63, 3.8) is 0 Å². The van der Waals surface area contributed by atoms with E-state index in [9.17, 15) is 19.5 Å². The zero-order valence-electron chi connectivity index (χ0n) is 24.6. The Bertz CT molecular complexity index is 1650. The number of aromatic carboxylic acids is 1. The van der Waals surface area contributed by atoms with Gasteiger partial charge in [-0.25, -0.2) is 14.3 Å². The molecule has 1 fully saturated rings. The topological polar surface area (TPSA) is 127 Å². The SMILES string of the molecule is COCC[C@@H]1C[C@@H](CNC(=O)Nc2c(C)c(-c3cc(C(=O)O)c(=O)n(C)c3)nn2-c2ccccc2)[C@H](c2ccccc2)C1. The van der Waals surface area contributed by atoms with E-state index in [0.29, 0.717) is 41.0 Å². The highest BCUT2D eigenvalue weighted by atomic mass is 16.5. The summed E-state index contributed by atoms with van der Waals surface area (Å²) in [5.41, 5.74) is 2.59. The first-order chi connectivity index (χ1) is 20.8. The number of nitrogens with zero attached hydrogens (tertiary/aromatic N) is 3. The fourth-order valence-corrected chi connectivity index (χ4v) is 6.14. The molecule has 0 unspecified atom stereocenters. The minimum absolute atomic E-state index is 0.283. The molecule has 3 N–H and O–H groups in total. The molecular formula is C33H37N5O5. The number of anilines is 1. The molecule has 43 heavy (non-hydrogen) atoms. The van der Waals surface area contributed by atoms with Gasteiger partial charge < -0.3 is 19.7 Å². The van der Waals surface area contributed by atoms with Crippen LogP contribution in [0.15, 0.2) is 77.7 Å². The normalized spacial score (nSPS) is 18.0. The quantitative estimate of drug-likeness (QED) is 0.235. The summed E-state index contributed by atoms with van der Waals surface area (Å²) in [6, 6.07) is 20.8. The minimum atomic E-state index is -1.31. The van der Waals surface area contributed by atoms with Crippen molar-refractivity contribution in [1.82, 2.24) is 19.7 Å². The van der Waals surface area contributed by atoms with Crippen molar-refractivity contribution < 1.29 is 19.4 Å². The lowest BCUT2D eigenvalue weighted by atomic mass is 9.89. The number of hydrogen-bond acceptors (Lipinski definition) is 5. The maximum absolute atomic E-state index is 13.4. The summed E-state index contributed by atoms with van der Waals surface area (Å²) < 4.78 is 8.18. The fourth-order valence-electron chi connectivity index (χ4n) is 6.14. The highest BCUT2D eigenvalue weighted by molar-refractivity contribution is 5.92. The van der Waals surface area contributed by atoms with Gasteiger partial charge in [0, 0.05) is 44.6 Å². The summed E-state index contributed by atoms with van der Waals surface area (Å²) in [7, 11) is 3.23. The number of aryl methyl sites for hydroxylation is 1. The number of hydrogen-bond donors (Lipinski definition) is 3. The first-order valence-corrected chi connectivity index (χ1v) is 14.4. The lowest BCUT2D eigenvalue weighted by Crippen LogP contribution is -2.34. The van der Waals surface area contributed by atoms with Gasteiger partial charge in [0.2, 0.25) is 0 Å². The molecular weight excluding hydrogens is 546 g/mol. The van der Waals surface area contributed by atoms with E-state index in [0.717, 1.165) is 31.6 Å². The van der Waals surface area contributed by atoms with Crippen molar-refractivity contribution in [2.75, 3.05) is 25.6 Å². The predicted molar refractivity (Wildman–Crippen MR) is 165 cm³/mol. The molecule has 0 spiro atoms. The number of pyridine rings is 1. The van der Waals surface area contributed by atoms with Crippen LogP contribution in [0.2, 0.25) is 0 Å². The first kappa shape index (κ1) is 29.8. The molecule has 5 rings (SSSR count). The van der Waals surface area contributed by atoms with E-state index in [1.54, 1.807) is 18.0 Å². The van der Waals surface area contributed by atoms with Gasteiger partial charge in [0.1, 0.15) is 11.4 Å². The number of urea groups is 1. The van der Waals surface area contributed by atoms with Crippen LogP contribution in [0.4, 0.5) is 10.6 Å². The number of carbonyl (C=O) groups excluding carboxylic acids is 1. The van der Waals surface area contributed by atoms with Crippen molar-refractivity contribution in [2.45, 2.75) is 32.1 Å². The van der Waals surface area contributed by atoms with Gasteiger partial charge in [-0.3, -0.25) is 10.1 Å². The second-order valence-corrected chi connectivity index (χ2v) is 11.2. The highest BCUT2D eigenvalue weighted by Gasteiger charge is 2.35. The Kier molecular flexibility index (Phi) is 9.06. The van der Waals surface area contributed by atoms with Crippen LogP contribution in [-0.4, -0.2) is 51.7 Å². The third-order valence-corrected chi connectivity index (χ3v) is 8.32. The number of rotatable bonds is 10. The summed E-state index contributed by atoms with van der Waals surface area (Å²) in [6.07, 6.45) is 4.61. The maximum atomic E-state index is 13.4. The number of ether oxygens (including phenoxy) is 1. The summed E-state index contributed by atoms with van der Waals surface area (Å²) >= 11 is 0. The van der Waals surface area contributed by atoms with E-state index in [4.69, 9.17) is 9.84 Å². The minimum Gasteiger partial charge on any atom is -0.477 e. The van der Waals surface area contributed by atoms with Gasteiger partial charge in [0.25, 0.3) is 5.56 Å². The number of para-hydroxylation sites is 1. The van der Waals surface area contributed by atoms with Crippen LogP contribution in [0, 0.1) is 18.8 Å². The molecule has 3 atom stereocenters. The van der Waals surface area contributed by atoms with E-state index >= 15 is 0 Å². The van der Waals surface area contributed by atoms with Gasteiger partial charge >= 0.3 is 12.0 Å². The zero-order chi connectivity index (χ0) is 30.5. The Morgan fingerprint density at radius 3 is 2.44 bits per heavy atom. The number of carbonyl (C=O) groups is 2. The smallest absolute Gasteiger partial charge is 0.341 e. The van der Waals surface area contributed by atoms with E-state index < -0.39 is 11.5 Å². The Balaban J connectivity index is 1.40. The summed E-state index contributed by atoms with van der Waals surface area (Å²) in [5, 5.41) is 20.4. The summed E-state index contributed by atoms with van der Waals surface area (Å²) in [5.74, 6) is 0.297. The van der Waals surface area contributed by atoms with E-state index in [1.807, 2.05) is 43.3 Å². The molecule has 1 saturated carbocycles. The Morgan fingerprint density at radius 2 is 1.77 bits per heavy atom. The van der Waals surface area contributed by atoms with Crippen LogP contribution in [0.3, 0.4) is 0 Å². The molecule has 1 aliphatic rings. The van der Waals surface area contributed by atoms with Crippen LogP contribution in [0.1, 0.15) is 46.7 Å². The second-order valence-electron chi connectivity index (χ2n) is 11.2. The monoisotopic (exact) mass is 583 g/mol. The second kappa shape index (κ2) is 13.1. The Hall–Kier alpha value is -4.70. The number of benzene rings is 2. The van der Waals surface area contributed by atoms with Gasteiger partial charge in [-0.15, -0.1) is 0 Å². The molecule has 2 amide bonds. The molecule has 4 aromatic rings. The number of nitrogens with one attached hydrogen (secondary N) is 2.